The van der Waals surface area contributed by atoms with E-state index in [0.717, 1.165) is 5.56 Å². The largest absolute Gasteiger partial charge is 0.506 e. The Morgan fingerprint density at radius 2 is 2.20 bits per heavy atom. The van der Waals surface area contributed by atoms with Gasteiger partial charge in [-0.05, 0) is 34.5 Å². The molecular weight excluding hydrogens is 262 g/mol. The van der Waals surface area contributed by atoms with Crippen molar-refractivity contribution in [3.63, 3.8) is 0 Å². The standard InChI is InChI=1S/C10H12BrNO3/c1-5-2-3-6(11)10(15)9(5)7(12)4-8(13)14/h2-3,7,15H,4,12H2,1H3,(H,13,14). The number of phenolic OH excluding ortho intramolecular Hbond substituents is 1. The van der Waals surface area contributed by atoms with Gasteiger partial charge in [0.25, 0.3) is 0 Å². The number of aliphatic carboxylic acids is 1. The van der Waals surface area contributed by atoms with Gasteiger partial charge in [0.15, 0.2) is 0 Å². The van der Waals surface area contributed by atoms with Crippen molar-refractivity contribution < 1.29 is 15.0 Å². The molecule has 5 heteroatoms. The Balaban J connectivity index is 3.12. The summed E-state index contributed by atoms with van der Waals surface area (Å²) >= 11 is 3.16. The fourth-order valence-electron chi connectivity index (χ4n) is 1.44. The maximum absolute atomic E-state index is 10.5. The molecule has 0 aromatic heterocycles. The van der Waals surface area contributed by atoms with E-state index in [-0.39, 0.29) is 12.2 Å². The van der Waals surface area contributed by atoms with Crippen molar-refractivity contribution in [1.29, 1.82) is 0 Å². The fraction of sp³-hybridized carbons (Fsp3) is 0.300. The summed E-state index contributed by atoms with van der Waals surface area (Å²) in [5.41, 5.74) is 6.97. The zero-order valence-electron chi connectivity index (χ0n) is 8.20. The average Bonchev–Trinajstić information content (AvgIpc) is 2.11. The number of nitrogens with two attached hydrogens (primary N) is 1. The van der Waals surface area contributed by atoms with Gasteiger partial charge in [0.1, 0.15) is 5.75 Å². The van der Waals surface area contributed by atoms with Crippen LogP contribution in [0.1, 0.15) is 23.6 Å². The van der Waals surface area contributed by atoms with Crippen LogP contribution in [0.5, 0.6) is 5.75 Å². The lowest BCUT2D eigenvalue weighted by molar-refractivity contribution is -0.137. The number of hydrogen-bond donors (Lipinski definition) is 3. The summed E-state index contributed by atoms with van der Waals surface area (Å²) in [4.78, 5) is 10.5. The summed E-state index contributed by atoms with van der Waals surface area (Å²) in [5, 5.41) is 18.4. The molecule has 1 atom stereocenters. The molecule has 0 aliphatic carbocycles. The molecule has 0 bridgehead atoms. The highest BCUT2D eigenvalue weighted by atomic mass is 79.9. The van der Waals surface area contributed by atoms with Gasteiger partial charge in [-0.3, -0.25) is 4.79 Å². The van der Waals surface area contributed by atoms with E-state index in [1.54, 1.807) is 19.1 Å². The minimum Gasteiger partial charge on any atom is -0.506 e. The molecule has 1 aromatic carbocycles. The first-order valence-corrected chi connectivity index (χ1v) is 5.18. The van der Waals surface area contributed by atoms with Crippen molar-refractivity contribution in [3.05, 3.63) is 27.7 Å². The Morgan fingerprint density at radius 1 is 1.60 bits per heavy atom. The molecule has 82 valence electrons. The maximum Gasteiger partial charge on any atom is 0.305 e. The van der Waals surface area contributed by atoms with Crippen LogP contribution in [0, 0.1) is 6.92 Å². The third-order valence-corrected chi connectivity index (χ3v) is 2.79. The zero-order valence-corrected chi connectivity index (χ0v) is 9.78. The minimum absolute atomic E-state index is 0.0174. The second-order valence-electron chi connectivity index (χ2n) is 3.33. The molecule has 0 aliphatic rings. The first-order chi connectivity index (χ1) is 6.93. The Morgan fingerprint density at radius 3 is 2.73 bits per heavy atom. The number of carbonyl (C=O) groups is 1. The molecule has 1 unspecified atom stereocenters. The van der Waals surface area contributed by atoms with Gasteiger partial charge in [-0.25, -0.2) is 0 Å². The van der Waals surface area contributed by atoms with Gasteiger partial charge in [-0.15, -0.1) is 0 Å². The lowest BCUT2D eigenvalue weighted by Crippen LogP contribution is -2.16. The average molecular weight is 274 g/mol. The first kappa shape index (κ1) is 12.0. The third kappa shape index (κ3) is 2.70. The van der Waals surface area contributed by atoms with Crippen LogP contribution in [0.15, 0.2) is 16.6 Å². The van der Waals surface area contributed by atoms with Gasteiger partial charge in [-0.1, -0.05) is 6.07 Å². The number of halogens is 1. The van der Waals surface area contributed by atoms with Crippen LogP contribution in [0.4, 0.5) is 0 Å². The highest BCUT2D eigenvalue weighted by molar-refractivity contribution is 9.10. The van der Waals surface area contributed by atoms with Gasteiger partial charge in [0, 0.05) is 11.6 Å². The highest BCUT2D eigenvalue weighted by Crippen LogP contribution is 2.34. The van der Waals surface area contributed by atoms with Crippen molar-refractivity contribution in [3.8, 4) is 5.75 Å². The smallest absolute Gasteiger partial charge is 0.305 e. The van der Waals surface area contributed by atoms with Gasteiger partial charge < -0.3 is 15.9 Å². The number of benzene rings is 1. The summed E-state index contributed by atoms with van der Waals surface area (Å²) in [5.74, 6) is -0.968. The molecule has 0 radical (unpaired) electrons. The normalized spacial score (nSPS) is 12.5. The molecule has 0 saturated carbocycles. The van der Waals surface area contributed by atoms with Crippen molar-refractivity contribution in [2.75, 3.05) is 0 Å². The topological polar surface area (TPSA) is 83.5 Å². The Hall–Kier alpha value is -1.07. The lowest BCUT2D eigenvalue weighted by Gasteiger charge is -2.15. The summed E-state index contributed by atoms with van der Waals surface area (Å²) in [6.45, 7) is 1.78. The van der Waals surface area contributed by atoms with Crippen LogP contribution in [0.25, 0.3) is 0 Å². The lowest BCUT2D eigenvalue weighted by atomic mass is 9.98. The SMILES string of the molecule is Cc1ccc(Br)c(O)c1C(N)CC(=O)O. The quantitative estimate of drug-likeness (QED) is 0.786. The summed E-state index contributed by atoms with van der Waals surface area (Å²) in [7, 11) is 0. The molecule has 1 aromatic rings. The highest BCUT2D eigenvalue weighted by Gasteiger charge is 2.18. The van der Waals surface area contributed by atoms with Gasteiger partial charge in [0.05, 0.1) is 10.9 Å². The molecule has 4 N–H and O–H groups in total. The molecule has 4 nitrogen and oxygen atoms in total. The monoisotopic (exact) mass is 273 g/mol. The van der Waals surface area contributed by atoms with Crippen LogP contribution in [0.2, 0.25) is 0 Å². The third-order valence-electron chi connectivity index (χ3n) is 2.15. The molecule has 1 rings (SSSR count). The van der Waals surface area contributed by atoms with Crippen LogP contribution < -0.4 is 5.73 Å². The van der Waals surface area contributed by atoms with Crippen LogP contribution in [0.3, 0.4) is 0 Å². The Labute approximate surface area is 95.8 Å². The molecule has 0 heterocycles. The number of phenols is 1. The maximum atomic E-state index is 10.5. The van der Waals surface area contributed by atoms with Crippen molar-refractivity contribution in [2.24, 2.45) is 5.73 Å². The number of carboxylic acids is 1. The van der Waals surface area contributed by atoms with E-state index in [2.05, 4.69) is 15.9 Å². The molecule has 0 amide bonds. The second kappa shape index (κ2) is 4.63. The molecule has 0 aliphatic heterocycles. The minimum atomic E-state index is -0.985. The van der Waals surface area contributed by atoms with E-state index >= 15 is 0 Å². The van der Waals surface area contributed by atoms with E-state index < -0.39 is 12.0 Å². The van der Waals surface area contributed by atoms with E-state index in [4.69, 9.17) is 10.8 Å². The predicted octanol–water partition coefficient (Wildman–Crippen LogP) is 1.94. The predicted molar refractivity (Wildman–Crippen MR) is 59.7 cm³/mol. The van der Waals surface area contributed by atoms with Crippen LogP contribution >= 0.6 is 15.9 Å². The van der Waals surface area contributed by atoms with Crippen molar-refractivity contribution in [1.82, 2.24) is 0 Å². The molecule has 0 fully saturated rings. The van der Waals surface area contributed by atoms with E-state index in [1.165, 1.54) is 0 Å². The Bertz CT molecular complexity index is 392. The Kier molecular flexibility index (Phi) is 3.71. The van der Waals surface area contributed by atoms with Gasteiger partial charge >= 0.3 is 5.97 Å². The van der Waals surface area contributed by atoms with Gasteiger partial charge in [-0.2, -0.15) is 0 Å². The number of aromatic hydroxyl groups is 1. The van der Waals surface area contributed by atoms with Crippen LogP contribution in [-0.4, -0.2) is 16.2 Å². The number of aryl methyl sites for hydroxylation is 1. The number of hydrogen-bond acceptors (Lipinski definition) is 3. The molecule has 0 saturated heterocycles. The van der Waals surface area contributed by atoms with E-state index in [0.29, 0.717) is 10.0 Å². The number of rotatable bonds is 3. The summed E-state index contributed by atoms with van der Waals surface area (Å²) in [6, 6.07) is 2.78. The summed E-state index contributed by atoms with van der Waals surface area (Å²) < 4.78 is 0.518. The van der Waals surface area contributed by atoms with E-state index in [9.17, 15) is 9.90 Å². The second-order valence-corrected chi connectivity index (χ2v) is 4.19. The van der Waals surface area contributed by atoms with E-state index in [1.807, 2.05) is 0 Å². The fourth-order valence-corrected chi connectivity index (χ4v) is 1.79. The molecule has 15 heavy (non-hydrogen) atoms. The molecule has 0 spiro atoms. The zero-order chi connectivity index (χ0) is 11.6. The van der Waals surface area contributed by atoms with Crippen LogP contribution in [-0.2, 0) is 4.79 Å². The first-order valence-electron chi connectivity index (χ1n) is 4.38. The summed E-state index contributed by atoms with van der Waals surface area (Å²) in [6.07, 6.45) is -0.204. The van der Waals surface area contributed by atoms with Crippen molar-refractivity contribution in [2.45, 2.75) is 19.4 Å². The van der Waals surface area contributed by atoms with Crippen molar-refractivity contribution >= 4 is 21.9 Å². The van der Waals surface area contributed by atoms with Gasteiger partial charge in [0.2, 0.25) is 0 Å². The molecular formula is C10H12BrNO3. The number of carboxylic acid groups (broad SMARTS) is 1.